The van der Waals surface area contributed by atoms with E-state index in [9.17, 15) is 9.59 Å². The lowest BCUT2D eigenvalue weighted by Gasteiger charge is -2.12. The van der Waals surface area contributed by atoms with Gasteiger partial charge in [0.2, 0.25) is 5.69 Å². The Morgan fingerprint density at radius 2 is 1.90 bits per heavy atom. The van der Waals surface area contributed by atoms with Crippen LogP contribution in [0.5, 0.6) is 11.5 Å². The molecule has 0 spiro atoms. The number of nitriles is 1. The topological polar surface area (TPSA) is 117 Å². The van der Waals surface area contributed by atoms with Crippen LogP contribution in [0, 0.1) is 18.3 Å². The maximum Gasteiger partial charge on any atom is 0.349 e. The summed E-state index contributed by atoms with van der Waals surface area (Å²) in [6, 6.07) is 9.92. The minimum absolute atomic E-state index is 0.122. The molecule has 2 aromatic heterocycles. The van der Waals surface area contributed by atoms with Crippen molar-refractivity contribution in [3.63, 3.8) is 0 Å². The van der Waals surface area contributed by atoms with Crippen LogP contribution in [0.25, 0.3) is 16.6 Å². The van der Waals surface area contributed by atoms with Crippen LogP contribution in [0.1, 0.15) is 11.3 Å². The number of H-pyrrole nitrogens is 2. The zero-order chi connectivity index (χ0) is 20.7. The highest BCUT2D eigenvalue weighted by Gasteiger charge is 2.15. The van der Waals surface area contributed by atoms with Gasteiger partial charge in [0, 0.05) is 17.1 Å². The zero-order valence-electron chi connectivity index (χ0n) is 14.8. The molecule has 0 atom stereocenters. The number of ether oxygens (including phenoxy) is 1. The van der Waals surface area contributed by atoms with Crippen molar-refractivity contribution in [1.29, 1.82) is 5.26 Å². The fourth-order valence-electron chi connectivity index (χ4n) is 2.84. The van der Waals surface area contributed by atoms with Gasteiger partial charge in [0.05, 0.1) is 15.7 Å². The Labute approximate surface area is 172 Å². The van der Waals surface area contributed by atoms with Crippen LogP contribution >= 0.6 is 23.2 Å². The lowest BCUT2D eigenvalue weighted by molar-refractivity contribution is 0.483. The number of halogens is 2. The van der Waals surface area contributed by atoms with Crippen molar-refractivity contribution in [3.05, 3.63) is 78.7 Å². The average Bonchev–Trinajstić information content (AvgIpc) is 3.05. The van der Waals surface area contributed by atoms with Crippen LogP contribution in [0.4, 0.5) is 0 Å². The molecule has 0 radical (unpaired) electrons. The molecule has 0 unspecified atom stereocenters. The first-order valence-electron chi connectivity index (χ1n) is 8.26. The number of rotatable bonds is 3. The largest absolute Gasteiger partial charge is 0.454 e. The van der Waals surface area contributed by atoms with E-state index in [1.165, 1.54) is 12.1 Å². The Balaban J connectivity index is 1.76. The molecule has 0 saturated heterocycles. The number of benzene rings is 2. The number of nitrogens with zero attached hydrogens (tertiary/aromatic N) is 3. The van der Waals surface area contributed by atoms with Gasteiger partial charge in [-0.25, -0.2) is 4.79 Å². The highest BCUT2D eigenvalue weighted by atomic mass is 35.5. The van der Waals surface area contributed by atoms with E-state index in [-0.39, 0.29) is 21.5 Å². The number of aromatic amines is 2. The van der Waals surface area contributed by atoms with E-state index in [0.717, 1.165) is 21.1 Å². The summed E-state index contributed by atoms with van der Waals surface area (Å²) in [4.78, 5) is 28.7. The Morgan fingerprint density at radius 3 is 2.59 bits per heavy atom. The van der Waals surface area contributed by atoms with Crippen LogP contribution in [-0.4, -0.2) is 19.7 Å². The van der Waals surface area contributed by atoms with Gasteiger partial charge >= 0.3 is 5.69 Å². The standard InChI is InChI=1S/C19H11Cl2N5O3/c1-9-8-23-15-3-2-11(6-12(9)15)29-17-13(20)4-10(5-14(17)21)26-19(28)24-18(27)16(7-22)25-26/h2-6,8,23H,1H3,(H,24,27,28). The SMILES string of the molecule is Cc1c[nH]c2ccc(Oc3c(Cl)cc(-n4nc(C#N)c(=O)[nH]c4=O)cc3Cl)cc12. The predicted molar refractivity (Wildman–Crippen MR) is 108 cm³/mol. The average molecular weight is 428 g/mol. The molecule has 10 heteroatoms. The van der Waals surface area contributed by atoms with Gasteiger partial charge in [-0.05, 0) is 42.8 Å². The molecule has 29 heavy (non-hydrogen) atoms. The highest BCUT2D eigenvalue weighted by Crippen LogP contribution is 2.38. The maximum atomic E-state index is 12.1. The van der Waals surface area contributed by atoms with E-state index < -0.39 is 16.9 Å². The summed E-state index contributed by atoms with van der Waals surface area (Å²) >= 11 is 12.6. The Morgan fingerprint density at radius 1 is 1.17 bits per heavy atom. The third-order valence-electron chi connectivity index (χ3n) is 4.24. The molecule has 0 aliphatic rings. The second-order valence-corrected chi connectivity index (χ2v) is 6.97. The normalized spacial score (nSPS) is 10.8. The van der Waals surface area contributed by atoms with Gasteiger partial charge in [0.25, 0.3) is 5.56 Å². The van der Waals surface area contributed by atoms with Gasteiger partial charge in [-0.1, -0.05) is 23.2 Å². The van der Waals surface area contributed by atoms with Crippen molar-refractivity contribution in [1.82, 2.24) is 19.7 Å². The number of fused-ring (bicyclic) bond motifs is 1. The first-order chi connectivity index (χ1) is 13.9. The minimum Gasteiger partial charge on any atom is -0.454 e. The van der Waals surface area contributed by atoms with Crippen molar-refractivity contribution in [3.8, 4) is 23.3 Å². The van der Waals surface area contributed by atoms with Gasteiger partial charge < -0.3 is 9.72 Å². The molecule has 0 bridgehead atoms. The second-order valence-electron chi connectivity index (χ2n) is 6.15. The fraction of sp³-hybridized carbons (Fsp3) is 0.0526. The molecule has 4 rings (SSSR count). The van der Waals surface area contributed by atoms with Gasteiger partial charge in [-0.2, -0.15) is 9.94 Å². The third-order valence-corrected chi connectivity index (χ3v) is 4.80. The van der Waals surface area contributed by atoms with Gasteiger partial charge in [0.15, 0.2) is 5.75 Å². The lowest BCUT2D eigenvalue weighted by atomic mass is 10.2. The second kappa shape index (κ2) is 7.13. The molecule has 2 heterocycles. The summed E-state index contributed by atoms with van der Waals surface area (Å²) in [7, 11) is 0. The van der Waals surface area contributed by atoms with Crippen molar-refractivity contribution in [2.45, 2.75) is 6.92 Å². The molecular formula is C19H11Cl2N5O3. The molecule has 2 N–H and O–H groups in total. The van der Waals surface area contributed by atoms with E-state index in [1.807, 2.05) is 30.2 Å². The van der Waals surface area contributed by atoms with E-state index in [2.05, 4.69) is 10.1 Å². The predicted octanol–water partition coefficient (Wildman–Crippen LogP) is 3.68. The molecule has 0 saturated carbocycles. The van der Waals surface area contributed by atoms with Crippen LogP contribution in [0.2, 0.25) is 10.0 Å². The fourth-order valence-corrected chi connectivity index (χ4v) is 3.39. The quantitative estimate of drug-likeness (QED) is 0.516. The van der Waals surface area contributed by atoms with Gasteiger partial charge in [-0.3, -0.25) is 9.78 Å². The number of nitrogens with one attached hydrogen (secondary N) is 2. The summed E-state index contributed by atoms with van der Waals surface area (Å²) in [5, 5.41) is 13.9. The monoisotopic (exact) mass is 427 g/mol. The first kappa shape index (κ1) is 18.8. The highest BCUT2D eigenvalue weighted by molar-refractivity contribution is 6.37. The molecule has 0 fully saturated rings. The van der Waals surface area contributed by atoms with Crippen molar-refractivity contribution < 1.29 is 4.74 Å². The summed E-state index contributed by atoms with van der Waals surface area (Å²) in [5.74, 6) is 0.727. The van der Waals surface area contributed by atoms with Gasteiger partial charge in [-0.15, -0.1) is 5.10 Å². The first-order valence-corrected chi connectivity index (χ1v) is 9.01. The minimum atomic E-state index is -0.874. The van der Waals surface area contributed by atoms with Crippen LogP contribution < -0.4 is 16.0 Å². The molecule has 8 nitrogen and oxygen atoms in total. The Bertz CT molecular complexity index is 1410. The van der Waals surface area contributed by atoms with E-state index in [0.29, 0.717) is 5.75 Å². The molecule has 0 amide bonds. The zero-order valence-corrected chi connectivity index (χ0v) is 16.3. The molecule has 0 aliphatic heterocycles. The smallest absolute Gasteiger partial charge is 0.349 e. The molecule has 0 aliphatic carbocycles. The summed E-state index contributed by atoms with van der Waals surface area (Å²) in [5.41, 5.74) is 0.0351. The molecule has 2 aromatic carbocycles. The number of hydrogen-bond donors (Lipinski definition) is 2. The van der Waals surface area contributed by atoms with Crippen LogP contribution in [0.3, 0.4) is 0 Å². The van der Waals surface area contributed by atoms with E-state index in [4.69, 9.17) is 33.2 Å². The number of hydrogen-bond acceptors (Lipinski definition) is 5. The third kappa shape index (κ3) is 3.38. The van der Waals surface area contributed by atoms with E-state index in [1.54, 1.807) is 12.1 Å². The number of aryl methyl sites for hydroxylation is 1. The summed E-state index contributed by atoms with van der Waals surface area (Å²) in [6.07, 6.45) is 1.90. The number of aromatic nitrogens is 4. The summed E-state index contributed by atoms with van der Waals surface area (Å²) < 4.78 is 6.69. The maximum absolute atomic E-state index is 12.1. The molecule has 144 valence electrons. The summed E-state index contributed by atoms with van der Waals surface area (Å²) in [6.45, 7) is 1.97. The Hall–Kier alpha value is -3.54. The van der Waals surface area contributed by atoms with Gasteiger partial charge in [0.1, 0.15) is 11.8 Å². The van der Waals surface area contributed by atoms with Crippen molar-refractivity contribution in [2.75, 3.05) is 0 Å². The van der Waals surface area contributed by atoms with Crippen LogP contribution in [0.15, 0.2) is 46.1 Å². The molecular weight excluding hydrogens is 417 g/mol. The molecule has 4 aromatic rings. The van der Waals surface area contributed by atoms with Crippen molar-refractivity contribution >= 4 is 34.1 Å². The lowest BCUT2D eigenvalue weighted by Crippen LogP contribution is -2.33. The Kier molecular flexibility index (Phi) is 4.62. The van der Waals surface area contributed by atoms with E-state index >= 15 is 0 Å². The van der Waals surface area contributed by atoms with Crippen LogP contribution in [-0.2, 0) is 0 Å². The van der Waals surface area contributed by atoms with Crippen molar-refractivity contribution in [2.24, 2.45) is 0 Å².